The second-order valence-electron chi connectivity index (χ2n) is 5.94. The average molecular weight is 375 g/mol. The Bertz CT molecular complexity index is 989. The molecule has 3 aromatic rings. The standard InChI is InChI=1S/C19H16F3N3O2/c1-11-7-16(18(26)25-23)24-17-14(11)8-13(9-15(17)19(20,21)22)27-10-12-5-3-2-4-6-12/h2-9H,10,23H2,1H3,(H,25,26). The second-order valence-corrected chi connectivity index (χ2v) is 5.94. The number of halogens is 3. The van der Waals surface area contributed by atoms with Gasteiger partial charge in [0, 0.05) is 5.39 Å². The predicted octanol–water partition coefficient (Wildman–Crippen LogP) is 3.74. The number of carbonyl (C=O) groups excluding carboxylic acids is 1. The smallest absolute Gasteiger partial charge is 0.418 e. The van der Waals surface area contributed by atoms with Crippen molar-refractivity contribution >= 4 is 16.8 Å². The van der Waals surface area contributed by atoms with Gasteiger partial charge in [0.05, 0.1) is 11.1 Å². The molecule has 2 aromatic carbocycles. The number of rotatable bonds is 4. The Balaban J connectivity index is 2.09. The van der Waals surface area contributed by atoms with Gasteiger partial charge < -0.3 is 4.74 Å². The minimum Gasteiger partial charge on any atom is -0.489 e. The molecule has 1 amide bonds. The fraction of sp³-hybridized carbons (Fsp3) is 0.158. The van der Waals surface area contributed by atoms with Crippen molar-refractivity contribution in [1.82, 2.24) is 10.4 Å². The molecule has 0 aliphatic heterocycles. The van der Waals surface area contributed by atoms with Crippen LogP contribution >= 0.6 is 0 Å². The van der Waals surface area contributed by atoms with Gasteiger partial charge in [0.25, 0.3) is 5.91 Å². The molecule has 1 aromatic heterocycles. The molecule has 8 heteroatoms. The monoisotopic (exact) mass is 375 g/mol. The molecule has 0 atom stereocenters. The number of aryl methyl sites for hydroxylation is 1. The summed E-state index contributed by atoms with van der Waals surface area (Å²) in [5.41, 5.74) is 1.67. The van der Waals surface area contributed by atoms with E-state index in [0.29, 0.717) is 5.56 Å². The van der Waals surface area contributed by atoms with Gasteiger partial charge in [-0.3, -0.25) is 10.2 Å². The molecule has 0 saturated carbocycles. The summed E-state index contributed by atoms with van der Waals surface area (Å²) in [6.07, 6.45) is -4.67. The quantitative estimate of drug-likeness (QED) is 0.414. The summed E-state index contributed by atoms with van der Waals surface area (Å²) >= 11 is 0. The number of alkyl halides is 3. The lowest BCUT2D eigenvalue weighted by molar-refractivity contribution is -0.136. The SMILES string of the molecule is Cc1cc(C(=O)NN)nc2c(C(F)(F)F)cc(OCc3ccccc3)cc12. The van der Waals surface area contributed by atoms with Crippen LogP contribution in [0.15, 0.2) is 48.5 Å². The van der Waals surface area contributed by atoms with Crippen LogP contribution in [0.1, 0.15) is 27.2 Å². The number of hydrogen-bond donors (Lipinski definition) is 2. The number of nitrogen functional groups attached to an aromatic ring is 1. The molecular weight excluding hydrogens is 359 g/mol. The molecule has 0 unspecified atom stereocenters. The van der Waals surface area contributed by atoms with E-state index in [9.17, 15) is 18.0 Å². The summed E-state index contributed by atoms with van der Waals surface area (Å²) in [5, 5.41) is 0.251. The van der Waals surface area contributed by atoms with Crippen molar-refractivity contribution in [2.24, 2.45) is 5.84 Å². The average Bonchev–Trinajstić information content (AvgIpc) is 2.65. The van der Waals surface area contributed by atoms with Crippen molar-refractivity contribution in [1.29, 1.82) is 0 Å². The molecule has 3 rings (SSSR count). The molecule has 3 N–H and O–H groups in total. The summed E-state index contributed by atoms with van der Waals surface area (Å²) in [7, 11) is 0. The fourth-order valence-corrected chi connectivity index (χ4v) is 2.70. The van der Waals surface area contributed by atoms with Crippen molar-refractivity contribution in [3.63, 3.8) is 0 Å². The molecule has 0 bridgehead atoms. The van der Waals surface area contributed by atoms with Gasteiger partial charge in [0.15, 0.2) is 0 Å². The lowest BCUT2D eigenvalue weighted by atomic mass is 10.0. The Labute approximate surface area is 152 Å². The van der Waals surface area contributed by atoms with Gasteiger partial charge in [-0.15, -0.1) is 0 Å². The molecule has 0 saturated heterocycles. The van der Waals surface area contributed by atoms with Crippen molar-refractivity contribution < 1.29 is 22.7 Å². The molecule has 27 heavy (non-hydrogen) atoms. The minimum atomic E-state index is -4.67. The molecule has 0 spiro atoms. The third-order valence-electron chi connectivity index (χ3n) is 4.01. The normalized spacial score (nSPS) is 11.4. The minimum absolute atomic E-state index is 0.0691. The number of amides is 1. The topological polar surface area (TPSA) is 77.2 Å². The largest absolute Gasteiger partial charge is 0.489 e. The molecule has 0 aliphatic rings. The summed E-state index contributed by atoms with van der Waals surface area (Å²) in [4.78, 5) is 15.6. The van der Waals surface area contributed by atoms with Crippen molar-refractivity contribution in [2.75, 3.05) is 0 Å². The van der Waals surface area contributed by atoms with Gasteiger partial charge in [-0.1, -0.05) is 30.3 Å². The van der Waals surface area contributed by atoms with Crippen molar-refractivity contribution in [3.8, 4) is 5.75 Å². The van der Waals surface area contributed by atoms with E-state index >= 15 is 0 Å². The van der Waals surface area contributed by atoms with Crippen LogP contribution in [0.5, 0.6) is 5.75 Å². The summed E-state index contributed by atoms with van der Waals surface area (Å²) in [6.45, 7) is 1.72. The maximum absolute atomic E-state index is 13.6. The second kappa shape index (κ2) is 7.24. The number of fused-ring (bicyclic) bond motifs is 1. The first-order valence-corrected chi connectivity index (χ1v) is 8.00. The number of nitrogens with one attached hydrogen (secondary N) is 1. The zero-order chi connectivity index (χ0) is 19.6. The molecule has 0 aliphatic carbocycles. The third-order valence-corrected chi connectivity index (χ3v) is 4.01. The number of nitrogens with zero attached hydrogens (tertiary/aromatic N) is 1. The number of benzene rings is 2. The van der Waals surface area contributed by atoms with Gasteiger partial charge in [-0.2, -0.15) is 13.2 Å². The summed E-state index contributed by atoms with van der Waals surface area (Å²) in [5.74, 6) is 4.36. The number of ether oxygens (including phenoxy) is 1. The molecule has 0 fully saturated rings. The highest BCUT2D eigenvalue weighted by atomic mass is 19.4. The molecule has 1 heterocycles. The van der Waals surface area contributed by atoms with Crippen LogP contribution in [0.2, 0.25) is 0 Å². The first-order chi connectivity index (χ1) is 12.8. The number of nitrogens with two attached hydrogens (primary N) is 1. The molecule has 140 valence electrons. The van der Waals surface area contributed by atoms with Crippen LogP contribution in [0.3, 0.4) is 0 Å². The van der Waals surface area contributed by atoms with E-state index in [1.807, 2.05) is 35.8 Å². The van der Waals surface area contributed by atoms with Crippen molar-refractivity contribution in [3.05, 3.63) is 70.9 Å². The van der Waals surface area contributed by atoms with Crippen LogP contribution in [-0.2, 0) is 12.8 Å². The maximum atomic E-state index is 13.6. The van der Waals surface area contributed by atoms with Gasteiger partial charge >= 0.3 is 6.18 Å². The lowest BCUT2D eigenvalue weighted by Gasteiger charge is -2.15. The van der Waals surface area contributed by atoms with Crippen LogP contribution in [-0.4, -0.2) is 10.9 Å². The fourth-order valence-electron chi connectivity index (χ4n) is 2.70. The summed E-state index contributed by atoms with van der Waals surface area (Å²) in [6, 6.07) is 12.9. The van der Waals surface area contributed by atoms with Gasteiger partial charge in [-0.25, -0.2) is 10.8 Å². The Hall–Kier alpha value is -3.13. The van der Waals surface area contributed by atoms with E-state index in [1.54, 1.807) is 6.92 Å². The Kier molecular flexibility index (Phi) is 5.00. The zero-order valence-corrected chi connectivity index (χ0v) is 14.3. The van der Waals surface area contributed by atoms with Crippen LogP contribution in [0.4, 0.5) is 13.2 Å². The Morgan fingerprint density at radius 1 is 1.19 bits per heavy atom. The highest BCUT2D eigenvalue weighted by Crippen LogP contribution is 2.38. The van der Waals surface area contributed by atoms with E-state index in [1.165, 1.54) is 12.1 Å². The first kappa shape index (κ1) is 18.7. The van der Waals surface area contributed by atoms with Crippen LogP contribution in [0, 0.1) is 6.92 Å². The van der Waals surface area contributed by atoms with E-state index in [4.69, 9.17) is 10.6 Å². The number of pyridine rings is 1. The van der Waals surface area contributed by atoms with E-state index in [2.05, 4.69) is 4.98 Å². The van der Waals surface area contributed by atoms with Crippen LogP contribution < -0.4 is 16.0 Å². The van der Waals surface area contributed by atoms with E-state index < -0.39 is 17.6 Å². The summed E-state index contributed by atoms with van der Waals surface area (Å²) < 4.78 is 46.3. The van der Waals surface area contributed by atoms with Gasteiger partial charge in [0.2, 0.25) is 0 Å². The highest BCUT2D eigenvalue weighted by Gasteiger charge is 2.34. The Morgan fingerprint density at radius 3 is 2.52 bits per heavy atom. The lowest BCUT2D eigenvalue weighted by Crippen LogP contribution is -2.30. The molecule has 5 nitrogen and oxygen atoms in total. The van der Waals surface area contributed by atoms with Crippen LogP contribution in [0.25, 0.3) is 10.9 Å². The number of hydrazine groups is 1. The third kappa shape index (κ3) is 4.01. The number of hydrogen-bond acceptors (Lipinski definition) is 4. The zero-order valence-electron chi connectivity index (χ0n) is 14.3. The van der Waals surface area contributed by atoms with E-state index in [0.717, 1.165) is 11.6 Å². The van der Waals surface area contributed by atoms with Gasteiger partial charge in [0.1, 0.15) is 18.1 Å². The van der Waals surface area contributed by atoms with Crippen molar-refractivity contribution in [2.45, 2.75) is 19.7 Å². The predicted molar refractivity (Wildman–Crippen MR) is 93.9 cm³/mol. The maximum Gasteiger partial charge on any atom is 0.418 e. The molecule has 0 radical (unpaired) electrons. The number of carbonyl (C=O) groups is 1. The van der Waals surface area contributed by atoms with Gasteiger partial charge in [-0.05, 0) is 36.2 Å². The first-order valence-electron chi connectivity index (χ1n) is 8.00. The molecular formula is C19H16F3N3O2. The number of aromatic nitrogens is 1. The Morgan fingerprint density at radius 2 is 1.89 bits per heavy atom. The van der Waals surface area contributed by atoms with E-state index in [-0.39, 0.29) is 29.0 Å². The highest BCUT2D eigenvalue weighted by molar-refractivity contribution is 5.96.